The van der Waals surface area contributed by atoms with E-state index in [0.29, 0.717) is 5.92 Å². The van der Waals surface area contributed by atoms with E-state index in [1.807, 2.05) is 6.42 Å². The number of nitrogens with one attached hydrogen (secondary N) is 1. The van der Waals surface area contributed by atoms with Gasteiger partial charge in [0.2, 0.25) is 0 Å². The predicted molar refractivity (Wildman–Crippen MR) is 40.6 cm³/mol. The number of carbonyl (C=O) groups excluding carboxylic acids is 1. The first kappa shape index (κ1) is 7.73. The molecule has 0 saturated carbocycles. The highest BCUT2D eigenvalue weighted by Crippen LogP contribution is 2.14. The summed E-state index contributed by atoms with van der Waals surface area (Å²) in [6.45, 7) is 3.75. The quantitative estimate of drug-likeness (QED) is 0.614. The molecule has 0 aromatic carbocycles. The minimum absolute atomic E-state index is 0.215. The van der Waals surface area contributed by atoms with Gasteiger partial charge in [0, 0.05) is 6.42 Å². The number of hydrogen-bond donors (Lipinski definition) is 1. The Morgan fingerprint density at radius 2 is 2.10 bits per heavy atom. The van der Waals surface area contributed by atoms with Crippen molar-refractivity contribution in [1.82, 2.24) is 5.32 Å². The second kappa shape index (κ2) is 3.71. The lowest BCUT2D eigenvalue weighted by Crippen LogP contribution is -2.28. The van der Waals surface area contributed by atoms with Crippen LogP contribution in [0.15, 0.2) is 0 Å². The van der Waals surface area contributed by atoms with E-state index in [0.717, 1.165) is 25.9 Å². The normalized spacial score (nSPS) is 20.9. The Labute approximate surface area is 62.0 Å². The van der Waals surface area contributed by atoms with Crippen LogP contribution in [0.3, 0.4) is 0 Å². The number of rotatable bonds is 2. The molecule has 0 aliphatic carbocycles. The standard InChI is InChI=1S/C8H14NO/c1-7(10)6-8-2-4-9-5-3-8/h6,8-9H,2-5H2,1H3. The van der Waals surface area contributed by atoms with Crippen LogP contribution < -0.4 is 5.32 Å². The summed E-state index contributed by atoms with van der Waals surface area (Å²) in [4.78, 5) is 10.6. The van der Waals surface area contributed by atoms with Crippen molar-refractivity contribution in [3.05, 3.63) is 6.42 Å². The second-order valence-electron chi connectivity index (χ2n) is 2.86. The van der Waals surface area contributed by atoms with Gasteiger partial charge < -0.3 is 5.32 Å². The van der Waals surface area contributed by atoms with E-state index < -0.39 is 0 Å². The lowest BCUT2D eigenvalue weighted by molar-refractivity contribution is -0.114. The summed E-state index contributed by atoms with van der Waals surface area (Å²) < 4.78 is 0. The first-order chi connectivity index (χ1) is 4.79. The highest BCUT2D eigenvalue weighted by Gasteiger charge is 2.14. The average molecular weight is 140 g/mol. The molecule has 1 heterocycles. The molecule has 1 aliphatic heterocycles. The summed E-state index contributed by atoms with van der Waals surface area (Å²) in [5.41, 5.74) is 0. The van der Waals surface area contributed by atoms with Gasteiger partial charge in [0.1, 0.15) is 5.78 Å². The molecule has 1 saturated heterocycles. The van der Waals surface area contributed by atoms with Crippen molar-refractivity contribution >= 4 is 5.78 Å². The van der Waals surface area contributed by atoms with Gasteiger partial charge in [0.05, 0.1) is 0 Å². The zero-order valence-corrected chi connectivity index (χ0v) is 6.39. The summed E-state index contributed by atoms with van der Waals surface area (Å²) in [7, 11) is 0. The van der Waals surface area contributed by atoms with Crippen LogP contribution in [0.4, 0.5) is 0 Å². The lowest BCUT2D eigenvalue weighted by atomic mass is 9.93. The molecule has 0 spiro atoms. The largest absolute Gasteiger partial charge is 0.317 e. The first-order valence-electron chi connectivity index (χ1n) is 3.85. The third-order valence-corrected chi connectivity index (χ3v) is 1.85. The molecule has 1 rings (SSSR count). The Balaban J connectivity index is 2.19. The fourth-order valence-electron chi connectivity index (χ4n) is 1.34. The predicted octanol–water partition coefficient (Wildman–Crippen LogP) is 0.779. The molecule has 2 nitrogen and oxygen atoms in total. The minimum atomic E-state index is 0.215. The van der Waals surface area contributed by atoms with Gasteiger partial charge in [-0.1, -0.05) is 0 Å². The zero-order valence-electron chi connectivity index (χ0n) is 6.39. The Morgan fingerprint density at radius 3 is 2.60 bits per heavy atom. The summed E-state index contributed by atoms with van der Waals surface area (Å²) in [5.74, 6) is 0.755. The van der Waals surface area contributed by atoms with E-state index in [2.05, 4.69) is 5.32 Å². The van der Waals surface area contributed by atoms with Gasteiger partial charge in [-0.05, 0) is 38.8 Å². The van der Waals surface area contributed by atoms with Crippen molar-refractivity contribution < 1.29 is 4.79 Å². The molecule has 0 bridgehead atoms. The Morgan fingerprint density at radius 1 is 1.50 bits per heavy atom. The summed E-state index contributed by atoms with van der Waals surface area (Å²) in [6, 6.07) is 0. The van der Waals surface area contributed by atoms with Crippen molar-refractivity contribution in [3.8, 4) is 0 Å². The molecular formula is C8H14NO. The molecule has 10 heavy (non-hydrogen) atoms. The van der Waals surface area contributed by atoms with Crippen molar-refractivity contribution in [2.45, 2.75) is 19.8 Å². The summed E-state index contributed by atoms with van der Waals surface area (Å²) >= 11 is 0. The molecule has 0 amide bonds. The smallest absolute Gasteiger partial charge is 0.133 e. The van der Waals surface area contributed by atoms with Crippen LogP contribution in [-0.2, 0) is 4.79 Å². The molecule has 1 radical (unpaired) electrons. The van der Waals surface area contributed by atoms with Gasteiger partial charge in [0.15, 0.2) is 0 Å². The van der Waals surface area contributed by atoms with Gasteiger partial charge >= 0.3 is 0 Å². The highest BCUT2D eigenvalue weighted by atomic mass is 16.1. The van der Waals surface area contributed by atoms with Crippen LogP contribution in [0.2, 0.25) is 0 Å². The fourth-order valence-corrected chi connectivity index (χ4v) is 1.34. The summed E-state index contributed by atoms with van der Waals surface area (Å²) in [6.07, 6.45) is 4.10. The van der Waals surface area contributed by atoms with Crippen LogP contribution in [0.5, 0.6) is 0 Å². The molecule has 1 aliphatic rings. The van der Waals surface area contributed by atoms with Crippen molar-refractivity contribution in [2.75, 3.05) is 13.1 Å². The monoisotopic (exact) mass is 140 g/mol. The molecule has 1 fully saturated rings. The van der Waals surface area contributed by atoms with E-state index in [1.165, 1.54) is 0 Å². The van der Waals surface area contributed by atoms with Crippen LogP contribution in [0, 0.1) is 12.3 Å². The number of hydrogen-bond acceptors (Lipinski definition) is 2. The van der Waals surface area contributed by atoms with E-state index in [1.54, 1.807) is 6.92 Å². The number of piperidine rings is 1. The molecular weight excluding hydrogens is 126 g/mol. The fraction of sp³-hybridized carbons (Fsp3) is 0.750. The van der Waals surface area contributed by atoms with E-state index >= 15 is 0 Å². The molecule has 2 heteroatoms. The average Bonchev–Trinajstić information content (AvgIpc) is 1.88. The highest BCUT2D eigenvalue weighted by molar-refractivity contribution is 5.84. The van der Waals surface area contributed by atoms with Crippen molar-refractivity contribution in [3.63, 3.8) is 0 Å². The third kappa shape index (κ3) is 2.48. The van der Waals surface area contributed by atoms with Gasteiger partial charge in [-0.15, -0.1) is 0 Å². The van der Waals surface area contributed by atoms with Gasteiger partial charge in [-0.3, -0.25) is 4.79 Å². The minimum Gasteiger partial charge on any atom is -0.317 e. The van der Waals surface area contributed by atoms with Crippen LogP contribution >= 0.6 is 0 Å². The lowest BCUT2D eigenvalue weighted by Gasteiger charge is -2.20. The first-order valence-corrected chi connectivity index (χ1v) is 3.85. The second-order valence-corrected chi connectivity index (χ2v) is 2.86. The maximum absolute atomic E-state index is 10.6. The van der Waals surface area contributed by atoms with Crippen LogP contribution in [-0.4, -0.2) is 18.9 Å². The SMILES string of the molecule is CC(=O)[CH]C1CCNCC1. The van der Waals surface area contributed by atoms with E-state index in [-0.39, 0.29) is 5.78 Å². The van der Waals surface area contributed by atoms with Gasteiger partial charge in [-0.25, -0.2) is 0 Å². The van der Waals surface area contributed by atoms with Crippen molar-refractivity contribution in [1.29, 1.82) is 0 Å². The van der Waals surface area contributed by atoms with Crippen LogP contribution in [0.25, 0.3) is 0 Å². The van der Waals surface area contributed by atoms with Crippen LogP contribution in [0.1, 0.15) is 19.8 Å². The Kier molecular flexibility index (Phi) is 2.87. The zero-order chi connectivity index (χ0) is 7.40. The topological polar surface area (TPSA) is 29.1 Å². The van der Waals surface area contributed by atoms with E-state index in [4.69, 9.17) is 0 Å². The maximum Gasteiger partial charge on any atom is 0.133 e. The van der Waals surface area contributed by atoms with Crippen molar-refractivity contribution in [2.24, 2.45) is 5.92 Å². The molecule has 0 aromatic heterocycles. The van der Waals surface area contributed by atoms with E-state index in [9.17, 15) is 4.79 Å². The number of carbonyl (C=O) groups is 1. The number of ketones is 1. The number of Topliss-reactive ketones (excluding diaryl/α,β-unsaturated/α-hetero) is 1. The molecule has 1 N–H and O–H groups in total. The molecule has 0 unspecified atom stereocenters. The Bertz CT molecular complexity index is 116. The summed E-state index contributed by atoms with van der Waals surface area (Å²) in [5, 5.41) is 3.26. The maximum atomic E-state index is 10.6. The molecule has 57 valence electrons. The molecule has 0 atom stereocenters. The van der Waals surface area contributed by atoms with Gasteiger partial charge in [-0.2, -0.15) is 0 Å². The van der Waals surface area contributed by atoms with Gasteiger partial charge in [0.25, 0.3) is 0 Å². The molecule has 0 aromatic rings. The third-order valence-electron chi connectivity index (χ3n) is 1.85. The Hall–Kier alpha value is -0.370.